The van der Waals surface area contributed by atoms with Crippen molar-refractivity contribution in [1.82, 2.24) is 0 Å². The predicted octanol–water partition coefficient (Wildman–Crippen LogP) is 10.4. The second-order valence-corrected chi connectivity index (χ2v) is 16.9. The van der Waals surface area contributed by atoms with E-state index in [1.165, 1.54) is 56.9 Å². The summed E-state index contributed by atoms with van der Waals surface area (Å²) in [4.78, 5) is 14.2. The van der Waals surface area contributed by atoms with Gasteiger partial charge in [0.15, 0.2) is 0 Å². The minimum atomic E-state index is -0.339. The average Bonchev–Trinajstić information content (AvgIpc) is 3.34. The lowest BCUT2D eigenvalue weighted by molar-refractivity contribution is -0.244. The van der Waals surface area contributed by atoms with E-state index in [0.717, 1.165) is 42.6 Å². The maximum Gasteiger partial charge on any atom is 0.312 e. The van der Waals surface area contributed by atoms with Gasteiger partial charge >= 0.3 is 5.97 Å². The van der Waals surface area contributed by atoms with E-state index < -0.39 is 0 Å². The molecular formula is C39H58O2. The van der Waals surface area contributed by atoms with Crippen molar-refractivity contribution in [3.05, 3.63) is 48.0 Å². The summed E-state index contributed by atoms with van der Waals surface area (Å²) in [5.74, 6) is 3.95. The molecule has 0 radical (unpaired) electrons. The number of hydrogen-bond acceptors (Lipinski definition) is 2. The van der Waals surface area contributed by atoms with Gasteiger partial charge in [0.25, 0.3) is 0 Å². The number of esters is 1. The van der Waals surface area contributed by atoms with Crippen LogP contribution in [-0.4, -0.2) is 5.97 Å². The Bertz CT molecular complexity index is 1170. The lowest BCUT2D eigenvalue weighted by Gasteiger charge is -2.73. The zero-order valence-corrected chi connectivity index (χ0v) is 27.4. The fraction of sp³-hybridized carbons (Fsp3) is 0.769. The van der Waals surface area contributed by atoms with Gasteiger partial charge in [-0.1, -0.05) is 90.4 Å². The first-order valence-electron chi connectivity index (χ1n) is 17.2. The van der Waals surface area contributed by atoms with Crippen molar-refractivity contribution in [2.75, 3.05) is 0 Å². The second kappa shape index (κ2) is 9.99. The minimum absolute atomic E-state index is 0.0831. The number of carbonyl (C=O) groups is 1. The van der Waals surface area contributed by atoms with E-state index in [9.17, 15) is 4.79 Å². The fourth-order valence-corrected chi connectivity index (χ4v) is 13.2. The Kier molecular flexibility index (Phi) is 7.18. The molecule has 6 rings (SSSR count). The molecule has 0 spiro atoms. The van der Waals surface area contributed by atoms with Crippen LogP contribution in [0, 0.1) is 62.6 Å². The normalized spacial score (nSPS) is 46.4. The summed E-state index contributed by atoms with van der Waals surface area (Å²) < 4.78 is 6.21. The number of rotatable bonds is 5. The zero-order chi connectivity index (χ0) is 29.4. The van der Waals surface area contributed by atoms with Gasteiger partial charge in [-0.15, -0.1) is 0 Å². The highest BCUT2D eigenvalue weighted by Gasteiger charge is 2.72. The Morgan fingerprint density at radius 3 is 2.27 bits per heavy atom. The molecule has 5 fully saturated rings. The van der Waals surface area contributed by atoms with Crippen molar-refractivity contribution in [3.8, 4) is 0 Å². The van der Waals surface area contributed by atoms with Gasteiger partial charge in [0, 0.05) is 0 Å². The first-order valence-corrected chi connectivity index (χ1v) is 17.2. The van der Waals surface area contributed by atoms with Gasteiger partial charge in [0.2, 0.25) is 0 Å². The summed E-state index contributed by atoms with van der Waals surface area (Å²) in [6.07, 6.45) is 13.7. The van der Waals surface area contributed by atoms with Gasteiger partial charge in [0.05, 0.1) is 5.41 Å². The molecule has 0 N–H and O–H groups in total. The predicted molar refractivity (Wildman–Crippen MR) is 169 cm³/mol. The van der Waals surface area contributed by atoms with Crippen LogP contribution in [0.3, 0.4) is 0 Å². The number of allylic oxidation sites excluding steroid dienone is 1. The lowest BCUT2D eigenvalue weighted by atomic mass is 9.32. The van der Waals surface area contributed by atoms with Crippen molar-refractivity contribution >= 4 is 5.97 Å². The molecule has 10 atom stereocenters. The Morgan fingerprint density at radius 2 is 1.59 bits per heavy atom. The van der Waals surface area contributed by atoms with E-state index >= 15 is 0 Å². The van der Waals surface area contributed by atoms with Gasteiger partial charge in [-0.25, -0.2) is 0 Å². The van der Waals surface area contributed by atoms with Gasteiger partial charge in [-0.05, 0) is 134 Å². The van der Waals surface area contributed by atoms with Crippen LogP contribution in [0.2, 0.25) is 0 Å². The van der Waals surface area contributed by atoms with E-state index in [0.29, 0.717) is 40.6 Å². The van der Waals surface area contributed by atoms with Gasteiger partial charge < -0.3 is 4.74 Å². The van der Waals surface area contributed by atoms with Crippen LogP contribution in [0.4, 0.5) is 0 Å². The molecule has 0 heterocycles. The highest BCUT2D eigenvalue weighted by Crippen LogP contribution is 2.78. The number of benzene rings is 1. The maximum atomic E-state index is 14.2. The molecule has 0 aliphatic heterocycles. The number of fused-ring (bicyclic) bond motifs is 7. The Labute approximate surface area is 251 Å². The van der Waals surface area contributed by atoms with Crippen LogP contribution in [0.15, 0.2) is 42.5 Å². The van der Waals surface area contributed by atoms with Crippen LogP contribution in [0.1, 0.15) is 125 Å². The number of ether oxygens (including phenoxy) is 1. The Balaban J connectivity index is 1.33. The summed E-state index contributed by atoms with van der Waals surface area (Å²) in [7, 11) is 0. The van der Waals surface area contributed by atoms with Crippen LogP contribution < -0.4 is 0 Å². The van der Waals surface area contributed by atoms with Crippen molar-refractivity contribution in [1.29, 1.82) is 0 Å². The lowest BCUT2D eigenvalue weighted by Crippen LogP contribution is -2.66. The molecule has 2 heteroatoms. The summed E-state index contributed by atoms with van der Waals surface area (Å²) in [5, 5.41) is 0. The molecule has 1 aromatic carbocycles. The number of carbonyl (C=O) groups excluding carboxylic acids is 1. The maximum absolute atomic E-state index is 14.2. The van der Waals surface area contributed by atoms with Crippen molar-refractivity contribution in [2.24, 2.45) is 62.6 Å². The smallest absolute Gasteiger partial charge is 0.312 e. The van der Waals surface area contributed by atoms with Crippen LogP contribution >= 0.6 is 0 Å². The highest BCUT2D eigenvalue weighted by atomic mass is 16.5. The second-order valence-electron chi connectivity index (χ2n) is 16.9. The van der Waals surface area contributed by atoms with Gasteiger partial charge in [-0.2, -0.15) is 0 Å². The van der Waals surface area contributed by atoms with Crippen molar-refractivity contribution in [3.63, 3.8) is 0 Å². The van der Waals surface area contributed by atoms with E-state index in [2.05, 4.69) is 67.2 Å². The molecule has 0 bridgehead atoms. The largest absolute Gasteiger partial charge is 0.460 e. The third-order valence-corrected chi connectivity index (χ3v) is 15.4. The molecule has 41 heavy (non-hydrogen) atoms. The summed E-state index contributed by atoms with van der Waals surface area (Å²) in [6.45, 7) is 22.9. The topological polar surface area (TPSA) is 26.3 Å². The highest BCUT2D eigenvalue weighted by molar-refractivity contribution is 5.78. The van der Waals surface area contributed by atoms with Crippen molar-refractivity contribution < 1.29 is 9.53 Å². The molecule has 226 valence electrons. The van der Waals surface area contributed by atoms with E-state index in [4.69, 9.17) is 4.74 Å². The van der Waals surface area contributed by atoms with E-state index in [1.807, 2.05) is 18.2 Å². The van der Waals surface area contributed by atoms with Crippen LogP contribution in [-0.2, 0) is 16.1 Å². The molecule has 0 saturated heterocycles. The fourth-order valence-electron chi connectivity index (χ4n) is 13.2. The zero-order valence-electron chi connectivity index (χ0n) is 27.4. The van der Waals surface area contributed by atoms with Crippen molar-refractivity contribution in [2.45, 2.75) is 126 Å². The SMILES string of the molecule is C=C(C)[C@@H]1CC[C@]2(C(=O)OCc3ccccc3)CC[C@]3(C)[C@H](CC[C@@H]4[C@@]5(C)CCC(CC)C(C)(C)C5CC[C@]43C)C12. The van der Waals surface area contributed by atoms with E-state index in [1.54, 1.807) is 0 Å². The Morgan fingerprint density at radius 1 is 0.854 bits per heavy atom. The summed E-state index contributed by atoms with van der Waals surface area (Å²) >= 11 is 0. The minimum Gasteiger partial charge on any atom is -0.460 e. The van der Waals surface area contributed by atoms with Crippen LogP contribution in [0.5, 0.6) is 0 Å². The standard InChI is InChI=1S/C39H58O2/c1-9-28-17-20-36(6)31(35(28,4)5)19-21-38(8)32(36)16-15-30-33-29(26(2)3)18-22-39(33,24-23-37(30,38)7)34(40)41-25-27-13-11-10-12-14-27/h10-14,28-33H,2,9,15-25H2,1,3-8H3/t28?,29-,30+,31?,32+,33?,36-,37+,38+,39-/m0/s1. The molecule has 5 aliphatic rings. The molecule has 0 amide bonds. The molecular weight excluding hydrogens is 500 g/mol. The van der Waals surface area contributed by atoms with Crippen LogP contribution in [0.25, 0.3) is 0 Å². The molecule has 1 aromatic rings. The third kappa shape index (κ3) is 4.03. The quantitative estimate of drug-likeness (QED) is 0.265. The molecule has 0 aromatic heterocycles. The Hall–Kier alpha value is -1.57. The molecule has 2 nitrogen and oxygen atoms in total. The van der Waals surface area contributed by atoms with Gasteiger partial charge in [0.1, 0.15) is 6.61 Å². The first kappa shape index (κ1) is 29.5. The number of hydrogen-bond donors (Lipinski definition) is 0. The average molecular weight is 559 g/mol. The molecule has 3 unspecified atom stereocenters. The summed E-state index contributed by atoms with van der Waals surface area (Å²) in [5.41, 5.74) is 3.50. The third-order valence-electron chi connectivity index (χ3n) is 15.4. The first-order chi connectivity index (χ1) is 19.3. The monoisotopic (exact) mass is 558 g/mol. The summed E-state index contributed by atoms with van der Waals surface area (Å²) in [6, 6.07) is 10.2. The molecule has 5 aliphatic carbocycles. The molecule has 5 saturated carbocycles. The van der Waals surface area contributed by atoms with E-state index in [-0.39, 0.29) is 16.8 Å². The van der Waals surface area contributed by atoms with Gasteiger partial charge in [-0.3, -0.25) is 4.79 Å².